The van der Waals surface area contributed by atoms with Crippen LogP contribution in [0.25, 0.3) is 0 Å². The number of hydrogen-bond acceptors (Lipinski definition) is 2. The van der Waals surface area contributed by atoms with Crippen LogP contribution in [0.15, 0.2) is 30.3 Å². The van der Waals surface area contributed by atoms with Crippen LogP contribution in [-0.4, -0.2) is 43.0 Å². The Labute approximate surface area is 136 Å². The maximum absolute atomic E-state index is 3.31. The van der Waals surface area contributed by atoms with E-state index in [4.69, 9.17) is 0 Å². The van der Waals surface area contributed by atoms with Crippen LogP contribution in [0, 0.1) is 11.8 Å². The maximum Gasteiger partial charge on any atom is 0.0645 e. The molecule has 5 heteroatoms. The van der Waals surface area contributed by atoms with Crippen LogP contribution in [0.1, 0.15) is 0 Å². The van der Waals surface area contributed by atoms with E-state index in [0.717, 1.165) is 38.1 Å². The van der Waals surface area contributed by atoms with Crippen LogP contribution < -0.4 is 4.90 Å². The molecule has 0 N–H and O–H groups in total. The minimum absolute atomic E-state index is 0. The van der Waals surface area contributed by atoms with Gasteiger partial charge in [-0.1, -0.05) is 46.0 Å². The molecule has 1 heterocycles. The standard InChI is InChI=1S/C14H17BrN2.2ClH/c15-8-4-5-9-16-10-12-17(13-11-16)14-6-2-1-3-7-14;;/h1-3,6-7H,8-13H2;2*1H. The van der Waals surface area contributed by atoms with Gasteiger partial charge in [0.25, 0.3) is 0 Å². The van der Waals surface area contributed by atoms with Gasteiger partial charge in [0.15, 0.2) is 0 Å². The van der Waals surface area contributed by atoms with Crippen molar-refractivity contribution < 1.29 is 0 Å². The van der Waals surface area contributed by atoms with Gasteiger partial charge in [0.1, 0.15) is 0 Å². The summed E-state index contributed by atoms with van der Waals surface area (Å²) in [4.78, 5) is 4.85. The Morgan fingerprint density at radius 1 is 0.947 bits per heavy atom. The molecule has 0 bridgehead atoms. The van der Waals surface area contributed by atoms with Crippen molar-refractivity contribution in [3.63, 3.8) is 0 Å². The van der Waals surface area contributed by atoms with Gasteiger partial charge in [-0.15, -0.1) is 24.8 Å². The first kappa shape index (κ1) is 18.6. The molecule has 1 aliphatic heterocycles. The second kappa shape index (κ2) is 10.4. The average molecular weight is 366 g/mol. The molecule has 2 rings (SSSR count). The number of para-hydroxylation sites is 1. The molecule has 2 nitrogen and oxygen atoms in total. The third kappa shape index (κ3) is 6.05. The van der Waals surface area contributed by atoms with Crippen molar-refractivity contribution in [1.29, 1.82) is 0 Å². The molecule has 19 heavy (non-hydrogen) atoms. The summed E-state index contributed by atoms with van der Waals surface area (Å²) < 4.78 is 0. The van der Waals surface area contributed by atoms with Crippen LogP contribution in [0.2, 0.25) is 0 Å². The lowest BCUT2D eigenvalue weighted by Gasteiger charge is -2.35. The lowest BCUT2D eigenvalue weighted by atomic mass is 10.2. The van der Waals surface area contributed by atoms with Crippen molar-refractivity contribution in [1.82, 2.24) is 4.90 Å². The maximum atomic E-state index is 3.31. The van der Waals surface area contributed by atoms with E-state index in [2.05, 4.69) is 67.9 Å². The molecule has 1 aliphatic rings. The number of rotatable bonds is 2. The zero-order valence-electron chi connectivity index (χ0n) is 10.7. The van der Waals surface area contributed by atoms with Gasteiger partial charge in [0.05, 0.1) is 11.9 Å². The van der Waals surface area contributed by atoms with Crippen molar-refractivity contribution >= 4 is 46.4 Å². The molecule has 0 atom stereocenters. The molecule has 0 spiro atoms. The van der Waals surface area contributed by atoms with Gasteiger partial charge in [-0.2, -0.15) is 0 Å². The second-order valence-corrected chi connectivity index (χ2v) is 4.65. The van der Waals surface area contributed by atoms with E-state index in [-0.39, 0.29) is 24.8 Å². The zero-order valence-corrected chi connectivity index (χ0v) is 13.9. The molecule has 1 fully saturated rings. The van der Waals surface area contributed by atoms with Gasteiger partial charge in [-0.25, -0.2) is 0 Å². The van der Waals surface area contributed by atoms with E-state index in [1.165, 1.54) is 5.69 Å². The van der Waals surface area contributed by atoms with Crippen molar-refractivity contribution in [2.24, 2.45) is 0 Å². The van der Waals surface area contributed by atoms with Crippen LogP contribution in [-0.2, 0) is 0 Å². The van der Waals surface area contributed by atoms with E-state index < -0.39 is 0 Å². The smallest absolute Gasteiger partial charge is 0.0645 e. The molecule has 1 saturated heterocycles. The number of benzene rings is 1. The van der Waals surface area contributed by atoms with Crippen LogP contribution in [0.5, 0.6) is 0 Å². The highest BCUT2D eigenvalue weighted by Crippen LogP contribution is 2.15. The molecule has 0 aromatic heterocycles. The van der Waals surface area contributed by atoms with Crippen LogP contribution in [0.3, 0.4) is 0 Å². The van der Waals surface area contributed by atoms with E-state index in [0.29, 0.717) is 0 Å². The molecule has 0 radical (unpaired) electrons. The summed E-state index contributed by atoms with van der Waals surface area (Å²) in [6.45, 7) is 5.30. The fraction of sp³-hybridized carbons (Fsp3) is 0.429. The SMILES string of the molecule is BrCC#CCN1CCN(c2ccccc2)CC1.Cl.Cl. The second-order valence-electron chi connectivity index (χ2n) is 4.09. The summed E-state index contributed by atoms with van der Waals surface area (Å²) in [5, 5.41) is 0.775. The molecule has 0 amide bonds. The van der Waals surface area contributed by atoms with Gasteiger partial charge in [-0.3, -0.25) is 4.90 Å². The number of anilines is 1. The number of alkyl halides is 1. The highest BCUT2D eigenvalue weighted by molar-refractivity contribution is 9.09. The zero-order chi connectivity index (χ0) is 11.9. The molecule has 1 aromatic carbocycles. The topological polar surface area (TPSA) is 6.48 Å². The minimum Gasteiger partial charge on any atom is -0.369 e. The average Bonchev–Trinajstić information content (AvgIpc) is 2.41. The first-order chi connectivity index (χ1) is 8.40. The molecule has 0 unspecified atom stereocenters. The first-order valence-corrected chi connectivity index (χ1v) is 7.06. The Kier molecular flexibility index (Phi) is 10.2. The third-order valence-electron chi connectivity index (χ3n) is 2.99. The van der Waals surface area contributed by atoms with Gasteiger partial charge in [-0.05, 0) is 12.1 Å². The summed E-state index contributed by atoms with van der Waals surface area (Å²) in [5.41, 5.74) is 1.33. The Hall–Kier alpha value is -0.400. The van der Waals surface area contributed by atoms with E-state index in [1.807, 2.05) is 0 Å². The fourth-order valence-electron chi connectivity index (χ4n) is 2.02. The summed E-state index contributed by atoms with van der Waals surface area (Å²) in [6.07, 6.45) is 0. The highest BCUT2D eigenvalue weighted by atomic mass is 79.9. The van der Waals surface area contributed by atoms with Crippen molar-refractivity contribution in [3.8, 4) is 11.8 Å². The van der Waals surface area contributed by atoms with E-state index in [1.54, 1.807) is 0 Å². The van der Waals surface area contributed by atoms with Crippen LogP contribution >= 0.6 is 40.7 Å². The Bertz CT molecular complexity index is 395. The van der Waals surface area contributed by atoms with E-state index >= 15 is 0 Å². The third-order valence-corrected chi connectivity index (χ3v) is 3.27. The number of halogens is 3. The number of nitrogens with zero attached hydrogens (tertiary/aromatic N) is 2. The predicted molar refractivity (Wildman–Crippen MR) is 91.2 cm³/mol. The van der Waals surface area contributed by atoms with E-state index in [9.17, 15) is 0 Å². The van der Waals surface area contributed by atoms with Gasteiger partial charge in [0.2, 0.25) is 0 Å². The normalized spacial score (nSPS) is 14.7. The lowest BCUT2D eigenvalue weighted by Crippen LogP contribution is -2.46. The first-order valence-electron chi connectivity index (χ1n) is 5.94. The van der Waals surface area contributed by atoms with Crippen molar-refractivity contribution in [2.75, 3.05) is 43.0 Å². The molecule has 106 valence electrons. The summed E-state index contributed by atoms with van der Waals surface area (Å²) in [5.74, 6) is 6.22. The Morgan fingerprint density at radius 2 is 1.58 bits per heavy atom. The Balaban J connectivity index is 0.00000162. The highest BCUT2D eigenvalue weighted by Gasteiger charge is 2.15. The quantitative estimate of drug-likeness (QED) is 0.587. The lowest BCUT2D eigenvalue weighted by molar-refractivity contribution is 0.288. The van der Waals surface area contributed by atoms with Crippen LogP contribution in [0.4, 0.5) is 5.69 Å². The molecular weight excluding hydrogens is 347 g/mol. The fourth-order valence-corrected chi connectivity index (χ4v) is 2.22. The summed E-state index contributed by atoms with van der Waals surface area (Å²) >= 11 is 3.31. The van der Waals surface area contributed by atoms with Crippen molar-refractivity contribution in [2.45, 2.75) is 0 Å². The largest absolute Gasteiger partial charge is 0.369 e. The summed E-state index contributed by atoms with van der Waals surface area (Å²) in [6, 6.07) is 10.6. The van der Waals surface area contributed by atoms with Gasteiger partial charge < -0.3 is 4.90 Å². The number of hydrogen-bond donors (Lipinski definition) is 0. The van der Waals surface area contributed by atoms with Crippen molar-refractivity contribution in [3.05, 3.63) is 30.3 Å². The molecular formula is C14H19BrCl2N2. The molecule has 0 aliphatic carbocycles. The molecule has 1 aromatic rings. The predicted octanol–water partition coefficient (Wildman–Crippen LogP) is 3.05. The summed E-state index contributed by atoms with van der Waals surface area (Å²) in [7, 11) is 0. The monoisotopic (exact) mass is 364 g/mol. The number of piperazine rings is 1. The Morgan fingerprint density at radius 3 is 2.16 bits per heavy atom. The van der Waals surface area contributed by atoms with Gasteiger partial charge >= 0.3 is 0 Å². The minimum atomic E-state index is 0. The van der Waals surface area contributed by atoms with Gasteiger partial charge in [0, 0.05) is 31.9 Å². The molecule has 0 saturated carbocycles.